The predicted molar refractivity (Wildman–Crippen MR) is 152 cm³/mol. The molecule has 202 valence electrons. The van der Waals surface area contributed by atoms with Gasteiger partial charge in [0, 0.05) is 37.7 Å². The molecule has 0 aliphatic carbocycles. The third-order valence-corrected chi connectivity index (χ3v) is 5.58. The highest BCUT2D eigenvalue weighted by Gasteiger charge is 2.26. The van der Waals surface area contributed by atoms with E-state index in [1.807, 2.05) is 6.08 Å². The fourth-order valence-electron chi connectivity index (χ4n) is 3.57. The van der Waals surface area contributed by atoms with Gasteiger partial charge in [0.1, 0.15) is 0 Å². The zero-order chi connectivity index (χ0) is 27.0. The normalized spacial score (nSPS) is 16.7. The van der Waals surface area contributed by atoms with Crippen molar-refractivity contribution in [1.29, 1.82) is 0 Å². The van der Waals surface area contributed by atoms with Crippen LogP contribution in [0, 0.1) is 0 Å². The molecule has 0 aromatic carbocycles. The molecule has 0 saturated carbocycles. The number of carbonyl (C=O) groups excluding carboxylic acids is 3. The van der Waals surface area contributed by atoms with Crippen LogP contribution in [0.3, 0.4) is 0 Å². The summed E-state index contributed by atoms with van der Waals surface area (Å²) < 4.78 is 4.46. The molecule has 0 aromatic rings. The van der Waals surface area contributed by atoms with E-state index in [1.165, 1.54) is 7.11 Å². The number of nitrogens with one attached hydrogen (secondary N) is 1. The number of allylic oxidation sites excluding steroid dienone is 12. The molecular formula is C31H44N2O4. The average Bonchev–Trinajstić information content (AvgIpc) is 3.37. The van der Waals surface area contributed by atoms with Crippen LogP contribution in [0.4, 0.5) is 0 Å². The van der Waals surface area contributed by atoms with Crippen LogP contribution in [0.5, 0.6) is 0 Å². The molecule has 1 atom stereocenters. The molecule has 0 aromatic heterocycles. The first-order valence-corrected chi connectivity index (χ1v) is 13.3. The zero-order valence-electron chi connectivity index (χ0n) is 22.5. The second-order valence-electron chi connectivity index (χ2n) is 8.64. The Balaban J connectivity index is 2.08. The monoisotopic (exact) mass is 508 g/mol. The highest BCUT2D eigenvalue weighted by Crippen LogP contribution is 2.12. The summed E-state index contributed by atoms with van der Waals surface area (Å²) in [6, 6.07) is -0.0929. The SMILES string of the molecule is CC/C=C\C/C=C\C/C=C\C/C=C\C/C=C\C/C=C\CCC(=O)N1CC[C@H](NC(=O)C=CC(=O)OC)C1. The van der Waals surface area contributed by atoms with Crippen LogP contribution in [0.25, 0.3) is 0 Å². The maximum absolute atomic E-state index is 12.4. The second kappa shape index (κ2) is 21.8. The number of methoxy groups -OCH3 is 1. The highest BCUT2D eigenvalue weighted by molar-refractivity contribution is 5.94. The molecule has 1 saturated heterocycles. The summed E-state index contributed by atoms with van der Waals surface area (Å²) >= 11 is 0. The van der Waals surface area contributed by atoms with Crippen LogP contribution >= 0.6 is 0 Å². The Labute approximate surface area is 223 Å². The number of hydrogen-bond acceptors (Lipinski definition) is 4. The zero-order valence-corrected chi connectivity index (χ0v) is 22.5. The van der Waals surface area contributed by atoms with Gasteiger partial charge in [0.25, 0.3) is 0 Å². The number of hydrogen-bond donors (Lipinski definition) is 1. The largest absolute Gasteiger partial charge is 0.466 e. The number of esters is 1. The molecule has 0 radical (unpaired) electrons. The molecule has 1 aliphatic heterocycles. The Kier molecular flexibility index (Phi) is 18.7. The topological polar surface area (TPSA) is 75.7 Å². The van der Waals surface area contributed by atoms with Gasteiger partial charge in [-0.2, -0.15) is 0 Å². The molecule has 1 N–H and O–H groups in total. The number of rotatable bonds is 17. The lowest BCUT2D eigenvalue weighted by Gasteiger charge is -2.16. The molecule has 1 heterocycles. The molecule has 0 spiro atoms. The minimum Gasteiger partial charge on any atom is -0.466 e. The van der Waals surface area contributed by atoms with Crippen molar-refractivity contribution in [2.45, 2.75) is 70.8 Å². The Morgan fingerprint density at radius 3 is 1.81 bits per heavy atom. The molecule has 0 bridgehead atoms. The number of carbonyl (C=O) groups is 3. The summed E-state index contributed by atoms with van der Waals surface area (Å²) in [7, 11) is 1.26. The van der Waals surface area contributed by atoms with E-state index >= 15 is 0 Å². The lowest BCUT2D eigenvalue weighted by atomic mass is 10.2. The van der Waals surface area contributed by atoms with Crippen molar-refractivity contribution in [2.75, 3.05) is 20.2 Å². The lowest BCUT2D eigenvalue weighted by molar-refractivity contribution is -0.135. The van der Waals surface area contributed by atoms with Gasteiger partial charge in [0.05, 0.1) is 7.11 Å². The van der Waals surface area contributed by atoms with Crippen molar-refractivity contribution in [2.24, 2.45) is 0 Å². The van der Waals surface area contributed by atoms with Gasteiger partial charge in [0.2, 0.25) is 11.8 Å². The van der Waals surface area contributed by atoms with Gasteiger partial charge in [-0.1, -0.05) is 79.8 Å². The van der Waals surface area contributed by atoms with Crippen molar-refractivity contribution >= 4 is 17.8 Å². The van der Waals surface area contributed by atoms with Crippen molar-refractivity contribution in [3.8, 4) is 0 Å². The second-order valence-corrected chi connectivity index (χ2v) is 8.64. The van der Waals surface area contributed by atoms with Crippen molar-refractivity contribution < 1.29 is 19.1 Å². The van der Waals surface area contributed by atoms with Crippen LogP contribution in [0.2, 0.25) is 0 Å². The smallest absolute Gasteiger partial charge is 0.330 e. The molecular weight excluding hydrogens is 464 g/mol. The molecule has 1 fully saturated rings. The third kappa shape index (κ3) is 17.6. The van der Waals surface area contributed by atoms with E-state index in [-0.39, 0.29) is 17.9 Å². The van der Waals surface area contributed by atoms with Crippen molar-refractivity contribution in [3.05, 3.63) is 85.1 Å². The summed E-state index contributed by atoms with van der Waals surface area (Å²) in [5.74, 6) is -0.836. The first-order valence-electron chi connectivity index (χ1n) is 13.3. The number of likely N-dealkylation sites (tertiary alicyclic amines) is 1. The van der Waals surface area contributed by atoms with Crippen LogP contribution < -0.4 is 5.32 Å². The minimum absolute atomic E-state index is 0.0929. The van der Waals surface area contributed by atoms with Crippen LogP contribution in [-0.2, 0) is 19.1 Å². The predicted octanol–water partition coefficient (Wildman–Crippen LogP) is 5.91. The fourth-order valence-corrected chi connectivity index (χ4v) is 3.57. The Morgan fingerprint density at radius 1 is 0.784 bits per heavy atom. The van der Waals surface area contributed by atoms with Crippen molar-refractivity contribution in [3.63, 3.8) is 0 Å². The Hall–Kier alpha value is -3.41. The van der Waals surface area contributed by atoms with E-state index in [9.17, 15) is 14.4 Å². The molecule has 0 unspecified atom stereocenters. The van der Waals surface area contributed by atoms with E-state index in [1.54, 1.807) is 4.90 Å². The lowest BCUT2D eigenvalue weighted by Crippen LogP contribution is -2.37. The van der Waals surface area contributed by atoms with Gasteiger partial charge >= 0.3 is 5.97 Å². The first-order chi connectivity index (χ1) is 18.1. The number of amides is 2. The summed E-state index contributed by atoms with van der Waals surface area (Å²) in [4.78, 5) is 37.0. The summed E-state index contributed by atoms with van der Waals surface area (Å²) in [5, 5.41) is 2.81. The molecule has 2 amide bonds. The van der Waals surface area contributed by atoms with E-state index in [0.717, 1.165) is 50.7 Å². The van der Waals surface area contributed by atoms with E-state index < -0.39 is 5.97 Å². The van der Waals surface area contributed by atoms with Crippen LogP contribution in [0.1, 0.15) is 64.7 Å². The average molecular weight is 509 g/mol. The molecule has 6 nitrogen and oxygen atoms in total. The molecule has 37 heavy (non-hydrogen) atoms. The van der Waals surface area contributed by atoms with Gasteiger partial charge in [0.15, 0.2) is 0 Å². The van der Waals surface area contributed by atoms with Crippen LogP contribution in [0.15, 0.2) is 85.1 Å². The fraction of sp³-hybridized carbons (Fsp3) is 0.452. The van der Waals surface area contributed by atoms with Gasteiger partial charge in [-0.25, -0.2) is 4.79 Å². The highest BCUT2D eigenvalue weighted by atomic mass is 16.5. The summed E-state index contributed by atoms with van der Waals surface area (Å²) in [6.45, 7) is 3.28. The van der Waals surface area contributed by atoms with Crippen molar-refractivity contribution in [1.82, 2.24) is 10.2 Å². The maximum atomic E-state index is 12.4. The Morgan fingerprint density at radius 2 is 1.30 bits per heavy atom. The van der Waals surface area contributed by atoms with E-state index in [0.29, 0.717) is 32.4 Å². The van der Waals surface area contributed by atoms with Gasteiger partial charge in [-0.3, -0.25) is 9.59 Å². The number of ether oxygens (including phenoxy) is 1. The first kappa shape index (κ1) is 31.6. The molecule has 1 aliphatic rings. The third-order valence-electron chi connectivity index (χ3n) is 5.58. The minimum atomic E-state index is -0.576. The summed E-state index contributed by atoms with van der Waals surface area (Å²) in [6.07, 6.45) is 35.9. The van der Waals surface area contributed by atoms with Gasteiger partial charge < -0.3 is 15.0 Å². The number of nitrogens with zero attached hydrogens (tertiary/aromatic N) is 1. The van der Waals surface area contributed by atoms with Crippen LogP contribution in [-0.4, -0.2) is 48.9 Å². The Bertz CT molecular complexity index is 878. The van der Waals surface area contributed by atoms with Gasteiger partial charge in [-0.05, 0) is 51.4 Å². The van der Waals surface area contributed by atoms with Gasteiger partial charge in [-0.15, -0.1) is 0 Å². The standard InChI is InChI=1S/C31H44N2O4/c1-3-4-5-6-7-8-9-10-11-12-13-14-15-16-17-18-19-20-21-22-30(35)33-26-25-28(27-33)32-29(34)23-24-31(36)37-2/h4-5,7-8,10-11,13-14,16-17,19-20,23-24,28H,3,6,9,12,15,18,21-22,25-27H2,1-2H3,(H,32,34)/b5-4-,8-7-,11-10-,14-13-,17-16-,20-19-,24-23?/t28-/m0/s1. The van der Waals surface area contributed by atoms with E-state index in [2.05, 4.69) is 83.8 Å². The quantitative estimate of drug-likeness (QED) is 0.151. The van der Waals surface area contributed by atoms with E-state index in [4.69, 9.17) is 0 Å². The molecule has 6 heteroatoms. The summed E-state index contributed by atoms with van der Waals surface area (Å²) in [5.41, 5.74) is 0. The molecule has 1 rings (SSSR count). The maximum Gasteiger partial charge on any atom is 0.330 e.